The zero-order chi connectivity index (χ0) is 16.8. The average molecular weight is 306 g/mol. The molecule has 2 aromatic carbocycles. The van der Waals surface area contributed by atoms with Crippen molar-refractivity contribution in [2.24, 2.45) is 0 Å². The molecule has 4 heteroatoms. The van der Waals surface area contributed by atoms with Gasteiger partial charge in [-0.1, -0.05) is 6.07 Å². The second-order valence-electron chi connectivity index (χ2n) is 5.16. The van der Waals surface area contributed by atoms with E-state index < -0.39 is 0 Å². The van der Waals surface area contributed by atoms with Crippen molar-refractivity contribution in [3.63, 3.8) is 0 Å². The van der Waals surface area contributed by atoms with E-state index in [1.54, 1.807) is 18.2 Å². The second-order valence-corrected chi connectivity index (χ2v) is 5.16. The number of nitrogens with zero attached hydrogens (tertiary/aromatic N) is 2. The van der Waals surface area contributed by atoms with E-state index in [-0.39, 0.29) is 11.4 Å². The van der Waals surface area contributed by atoms with Gasteiger partial charge in [0.05, 0.1) is 0 Å². The number of benzene rings is 2. The van der Waals surface area contributed by atoms with Crippen molar-refractivity contribution < 1.29 is 9.13 Å². The van der Waals surface area contributed by atoms with Gasteiger partial charge in [-0.2, -0.15) is 10.5 Å². The number of nitriles is 2. The van der Waals surface area contributed by atoms with Crippen molar-refractivity contribution in [3.8, 4) is 17.9 Å². The SMILES string of the molecule is Cc1cc(C)c(COc2ccc(F)cc2)cc1C=C(C#N)C#N. The number of rotatable bonds is 4. The lowest BCUT2D eigenvalue weighted by Crippen LogP contribution is -2.00. The second kappa shape index (κ2) is 7.24. The number of aryl methyl sites for hydroxylation is 2. The van der Waals surface area contributed by atoms with Crippen molar-refractivity contribution in [2.75, 3.05) is 0 Å². The highest BCUT2D eigenvalue weighted by Crippen LogP contribution is 2.21. The van der Waals surface area contributed by atoms with Gasteiger partial charge in [0.2, 0.25) is 0 Å². The maximum Gasteiger partial charge on any atom is 0.130 e. The van der Waals surface area contributed by atoms with Crippen LogP contribution in [0.3, 0.4) is 0 Å². The maximum absolute atomic E-state index is 12.9. The van der Waals surface area contributed by atoms with Gasteiger partial charge >= 0.3 is 0 Å². The van der Waals surface area contributed by atoms with Gasteiger partial charge in [-0.3, -0.25) is 0 Å². The number of allylic oxidation sites excluding steroid dienone is 1. The van der Waals surface area contributed by atoms with Crippen LogP contribution in [0.2, 0.25) is 0 Å². The Hall–Kier alpha value is -3.11. The lowest BCUT2D eigenvalue weighted by Gasteiger charge is -2.12. The molecule has 0 aliphatic carbocycles. The van der Waals surface area contributed by atoms with E-state index >= 15 is 0 Å². The molecule has 0 aliphatic heterocycles. The topological polar surface area (TPSA) is 56.8 Å². The third-order valence-electron chi connectivity index (χ3n) is 3.47. The summed E-state index contributed by atoms with van der Waals surface area (Å²) in [5.41, 5.74) is 3.85. The van der Waals surface area contributed by atoms with E-state index in [2.05, 4.69) is 0 Å². The first-order valence-electron chi connectivity index (χ1n) is 7.04. The van der Waals surface area contributed by atoms with Crippen molar-refractivity contribution in [3.05, 3.63) is 70.0 Å². The van der Waals surface area contributed by atoms with Crippen LogP contribution < -0.4 is 4.74 Å². The third-order valence-corrected chi connectivity index (χ3v) is 3.47. The van der Waals surface area contributed by atoms with Crippen LogP contribution in [0.5, 0.6) is 5.75 Å². The molecule has 23 heavy (non-hydrogen) atoms. The minimum atomic E-state index is -0.308. The van der Waals surface area contributed by atoms with E-state index in [4.69, 9.17) is 15.3 Å². The minimum Gasteiger partial charge on any atom is -0.489 e. The fraction of sp³-hybridized carbons (Fsp3) is 0.158. The van der Waals surface area contributed by atoms with Gasteiger partial charge in [0, 0.05) is 0 Å². The van der Waals surface area contributed by atoms with E-state index in [1.807, 2.05) is 38.1 Å². The van der Waals surface area contributed by atoms with Crippen molar-refractivity contribution in [2.45, 2.75) is 20.5 Å². The smallest absolute Gasteiger partial charge is 0.130 e. The predicted octanol–water partition coefficient (Wildman–Crippen LogP) is 4.45. The van der Waals surface area contributed by atoms with Crippen LogP contribution in [0.15, 0.2) is 42.0 Å². The molecular weight excluding hydrogens is 291 g/mol. The Kier molecular flexibility index (Phi) is 5.12. The number of halogens is 1. The van der Waals surface area contributed by atoms with E-state index in [1.165, 1.54) is 12.1 Å². The molecule has 2 rings (SSSR count). The van der Waals surface area contributed by atoms with Gasteiger partial charge in [0.15, 0.2) is 0 Å². The molecule has 0 aliphatic rings. The summed E-state index contributed by atoms with van der Waals surface area (Å²) in [6.07, 6.45) is 1.57. The van der Waals surface area contributed by atoms with Gasteiger partial charge < -0.3 is 4.74 Å². The van der Waals surface area contributed by atoms with Gasteiger partial charge in [-0.25, -0.2) is 4.39 Å². The zero-order valence-electron chi connectivity index (χ0n) is 12.9. The Morgan fingerprint density at radius 2 is 1.74 bits per heavy atom. The minimum absolute atomic E-state index is 0.0577. The summed E-state index contributed by atoms with van der Waals surface area (Å²) in [6, 6.07) is 13.4. The lowest BCUT2D eigenvalue weighted by molar-refractivity contribution is 0.305. The average Bonchev–Trinajstić information content (AvgIpc) is 2.54. The van der Waals surface area contributed by atoms with E-state index in [0.717, 1.165) is 22.3 Å². The summed E-state index contributed by atoms with van der Waals surface area (Å²) in [7, 11) is 0. The zero-order valence-corrected chi connectivity index (χ0v) is 12.9. The highest BCUT2D eigenvalue weighted by atomic mass is 19.1. The first-order chi connectivity index (χ1) is 11.0. The fourth-order valence-corrected chi connectivity index (χ4v) is 2.16. The normalized spacial score (nSPS) is 9.61. The molecule has 0 radical (unpaired) electrons. The van der Waals surface area contributed by atoms with Crippen LogP contribution in [0.4, 0.5) is 4.39 Å². The van der Waals surface area contributed by atoms with Crippen LogP contribution in [0, 0.1) is 42.3 Å². The summed E-state index contributed by atoms with van der Waals surface area (Å²) < 4.78 is 18.5. The number of hydrogen-bond acceptors (Lipinski definition) is 3. The molecule has 0 heterocycles. The van der Waals surface area contributed by atoms with Crippen LogP contribution >= 0.6 is 0 Å². The molecule has 0 saturated heterocycles. The van der Waals surface area contributed by atoms with Crippen LogP contribution in [-0.2, 0) is 6.61 Å². The van der Waals surface area contributed by atoms with Gasteiger partial charge in [-0.05, 0) is 72.5 Å². The highest BCUT2D eigenvalue weighted by Gasteiger charge is 2.06. The van der Waals surface area contributed by atoms with Crippen LogP contribution in [0.1, 0.15) is 22.3 Å². The maximum atomic E-state index is 12.9. The molecule has 0 atom stereocenters. The van der Waals surface area contributed by atoms with Crippen LogP contribution in [0.25, 0.3) is 6.08 Å². The molecule has 0 aromatic heterocycles. The number of hydrogen-bond donors (Lipinski definition) is 0. The first kappa shape index (κ1) is 16.3. The molecular formula is C19H15FN2O. The molecule has 0 bridgehead atoms. The molecule has 0 unspecified atom stereocenters. The van der Waals surface area contributed by atoms with Gasteiger partial charge in [-0.15, -0.1) is 0 Å². The molecule has 114 valence electrons. The summed E-state index contributed by atoms with van der Waals surface area (Å²) in [6.45, 7) is 4.22. The van der Waals surface area contributed by atoms with Crippen molar-refractivity contribution >= 4 is 6.08 Å². The Labute approximate surface area is 134 Å². The van der Waals surface area contributed by atoms with Gasteiger partial charge in [0.1, 0.15) is 35.9 Å². The Morgan fingerprint density at radius 3 is 2.35 bits per heavy atom. The lowest BCUT2D eigenvalue weighted by atomic mass is 9.99. The third kappa shape index (κ3) is 4.18. The molecule has 0 fully saturated rings. The molecule has 2 aromatic rings. The largest absolute Gasteiger partial charge is 0.489 e. The quantitative estimate of drug-likeness (QED) is 0.784. The molecule has 0 amide bonds. The summed E-state index contributed by atoms with van der Waals surface area (Å²) >= 11 is 0. The molecule has 3 nitrogen and oxygen atoms in total. The first-order valence-corrected chi connectivity index (χ1v) is 7.04. The van der Waals surface area contributed by atoms with E-state index in [9.17, 15) is 4.39 Å². The fourth-order valence-electron chi connectivity index (χ4n) is 2.16. The Morgan fingerprint density at radius 1 is 1.09 bits per heavy atom. The molecule has 0 N–H and O–H groups in total. The van der Waals surface area contributed by atoms with Gasteiger partial charge in [0.25, 0.3) is 0 Å². The van der Waals surface area contributed by atoms with E-state index in [0.29, 0.717) is 12.4 Å². The summed E-state index contributed by atoms with van der Waals surface area (Å²) in [5.74, 6) is 0.273. The highest BCUT2D eigenvalue weighted by molar-refractivity contribution is 5.65. The molecule has 0 saturated carbocycles. The summed E-state index contributed by atoms with van der Waals surface area (Å²) in [4.78, 5) is 0. The Bertz CT molecular complexity index is 808. The predicted molar refractivity (Wildman–Crippen MR) is 85.9 cm³/mol. The summed E-state index contributed by atoms with van der Waals surface area (Å²) in [5, 5.41) is 17.8. The standard InChI is InChI=1S/C19H15FN2O/c1-13-7-14(2)17(9-16(13)8-15(10-21)11-22)12-23-19-5-3-18(20)4-6-19/h3-9H,12H2,1-2H3. The number of ether oxygens (including phenoxy) is 1. The van der Waals surface area contributed by atoms with Crippen molar-refractivity contribution in [1.82, 2.24) is 0 Å². The van der Waals surface area contributed by atoms with Crippen LogP contribution in [-0.4, -0.2) is 0 Å². The monoisotopic (exact) mass is 306 g/mol. The van der Waals surface area contributed by atoms with Crippen molar-refractivity contribution in [1.29, 1.82) is 10.5 Å². The molecule has 0 spiro atoms. The Balaban J connectivity index is 2.25.